The highest BCUT2D eigenvalue weighted by Gasteiger charge is 2.28. The number of imidazole rings is 1. The van der Waals surface area contributed by atoms with Gasteiger partial charge in [-0.2, -0.15) is 0 Å². The number of hydrogen-bond donors (Lipinski definition) is 1. The Labute approximate surface area is 199 Å². The number of carboxylic acid groups (broad SMARTS) is 1. The monoisotopic (exact) mass is 472 g/mol. The Hall–Kier alpha value is -2.65. The predicted molar refractivity (Wildman–Crippen MR) is 126 cm³/mol. The van der Waals surface area contributed by atoms with Crippen LogP contribution in [0, 0.1) is 30.6 Å². The number of aromatic nitrogens is 2. The first-order chi connectivity index (χ1) is 15.5. The van der Waals surface area contributed by atoms with Crippen molar-refractivity contribution in [2.24, 2.45) is 11.8 Å². The Kier molecular flexibility index (Phi) is 7.97. The van der Waals surface area contributed by atoms with Crippen molar-refractivity contribution in [1.82, 2.24) is 9.55 Å². The summed E-state index contributed by atoms with van der Waals surface area (Å²) in [6.07, 6.45) is 3.85. The molecule has 1 aliphatic rings. The molecule has 1 aromatic heterocycles. The molecule has 2 aromatic rings. The molecule has 0 saturated heterocycles. The lowest BCUT2D eigenvalue weighted by Crippen LogP contribution is -2.22. The molecule has 1 aliphatic carbocycles. The van der Waals surface area contributed by atoms with E-state index in [1.807, 2.05) is 31.2 Å². The number of Topliss-reactive ketones (excluding diaryl/α,β-unsaturated/α-hetero) is 1. The molecule has 1 fully saturated rings. The summed E-state index contributed by atoms with van der Waals surface area (Å²) in [5, 5.41) is 9.32. The van der Waals surface area contributed by atoms with Gasteiger partial charge in [-0.05, 0) is 81.9 Å². The second-order valence-corrected chi connectivity index (χ2v) is 9.73. The van der Waals surface area contributed by atoms with Gasteiger partial charge < -0.3 is 9.67 Å². The summed E-state index contributed by atoms with van der Waals surface area (Å²) in [7, 11) is 0. The molecule has 1 N–H and O–H groups in total. The average Bonchev–Trinajstić information content (AvgIpc) is 3.07. The number of ketones is 1. The Morgan fingerprint density at radius 1 is 1.21 bits per heavy atom. The van der Waals surface area contributed by atoms with E-state index in [0.717, 1.165) is 24.0 Å². The maximum atomic E-state index is 14.0. The molecule has 0 unspecified atom stereocenters. The van der Waals surface area contributed by atoms with Crippen molar-refractivity contribution in [2.45, 2.75) is 71.5 Å². The molecule has 0 aliphatic heterocycles. The van der Waals surface area contributed by atoms with Crippen LogP contribution in [0.3, 0.4) is 0 Å². The minimum absolute atomic E-state index is 0.136. The van der Waals surface area contributed by atoms with E-state index in [1.165, 1.54) is 13.8 Å². The molecule has 1 heterocycles. The van der Waals surface area contributed by atoms with E-state index in [4.69, 9.17) is 11.6 Å². The summed E-state index contributed by atoms with van der Waals surface area (Å²) < 4.78 is 15.7. The second-order valence-electron chi connectivity index (χ2n) is 9.39. The van der Waals surface area contributed by atoms with Crippen LogP contribution in [0.1, 0.15) is 79.7 Å². The Balaban J connectivity index is 1.82. The highest BCUT2D eigenvalue weighted by atomic mass is 35.5. The Morgan fingerprint density at radius 3 is 2.42 bits per heavy atom. The van der Waals surface area contributed by atoms with Gasteiger partial charge in [0, 0.05) is 6.42 Å². The molecule has 1 saturated carbocycles. The van der Waals surface area contributed by atoms with Gasteiger partial charge >= 0.3 is 5.97 Å². The number of alkyl halides is 1. The summed E-state index contributed by atoms with van der Waals surface area (Å²) in [5.41, 5.74) is 0.859. The lowest BCUT2D eigenvalue weighted by atomic mass is 9.79. The van der Waals surface area contributed by atoms with Crippen LogP contribution in [0.4, 0.5) is 4.39 Å². The van der Waals surface area contributed by atoms with E-state index in [9.17, 15) is 19.1 Å². The van der Waals surface area contributed by atoms with Crippen LogP contribution >= 0.6 is 11.6 Å². The normalized spacial score (nSPS) is 18.5. The zero-order valence-electron chi connectivity index (χ0n) is 19.3. The fourth-order valence-electron chi connectivity index (χ4n) is 4.18. The summed E-state index contributed by atoms with van der Waals surface area (Å²) in [6, 6.07) is 7.91. The SMILES string of the molecule is Cc1ccc(Cn2c(Cl)nc(C#CC(C)(C)F)c2C(=O)CCC2CCC(C(=O)O)CC2)cc1. The molecule has 176 valence electrons. The fourth-order valence-corrected chi connectivity index (χ4v) is 4.40. The lowest BCUT2D eigenvalue weighted by molar-refractivity contribution is -0.143. The van der Waals surface area contributed by atoms with E-state index in [0.29, 0.717) is 37.4 Å². The first kappa shape index (κ1) is 25.0. The highest BCUT2D eigenvalue weighted by molar-refractivity contribution is 6.29. The van der Waals surface area contributed by atoms with Gasteiger partial charge in [0.15, 0.2) is 11.5 Å². The smallest absolute Gasteiger partial charge is 0.306 e. The summed E-state index contributed by atoms with van der Waals surface area (Å²) in [6.45, 7) is 5.05. The van der Waals surface area contributed by atoms with Crippen molar-refractivity contribution in [1.29, 1.82) is 0 Å². The number of halogens is 2. The molecular weight excluding hydrogens is 443 g/mol. The minimum Gasteiger partial charge on any atom is -0.481 e. The largest absolute Gasteiger partial charge is 0.481 e. The second kappa shape index (κ2) is 10.5. The Bertz CT molecular complexity index is 1070. The van der Waals surface area contributed by atoms with Crippen molar-refractivity contribution in [3.63, 3.8) is 0 Å². The zero-order valence-corrected chi connectivity index (χ0v) is 20.1. The third kappa shape index (κ3) is 6.91. The Morgan fingerprint density at radius 2 is 1.85 bits per heavy atom. The number of rotatable bonds is 7. The summed E-state index contributed by atoms with van der Waals surface area (Å²) in [5.74, 6) is 4.38. The average molecular weight is 473 g/mol. The molecule has 5 nitrogen and oxygen atoms in total. The summed E-state index contributed by atoms with van der Waals surface area (Å²) in [4.78, 5) is 28.8. The third-order valence-electron chi connectivity index (χ3n) is 6.10. The third-order valence-corrected chi connectivity index (χ3v) is 6.39. The first-order valence-corrected chi connectivity index (χ1v) is 11.7. The van der Waals surface area contributed by atoms with Crippen LogP contribution in [0.5, 0.6) is 0 Å². The van der Waals surface area contributed by atoms with E-state index >= 15 is 0 Å². The van der Waals surface area contributed by atoms with Crippen LogP contribution in [0.25, 0.3) is 0 Å². The number of aryl methyl sites for hydroxylation is 1. The molecular formula is C26H30ClFN2O3. The molecule has 0 amide bonds. The van der Waals surface area contributed by atoms with Gasteiger partial charge in [0.25, 0.3) is 0 Å². The van der Waals surface area contributed by atoms with E-state index in [2.05, 4.69) is 16.8 Å². The predicted octanol–water partition coefficient (Wildman–Crippen LogP) is 5.85. The number of benzene rings is 1. The molecule has 33 heavy (non-hydrogen) atoms. The highest BCUT2D eigenvalue weighted by Crippen LogP contribution is 2.32. The quantitative estimate of drug-likeness (QED) is 0.405. The van der Waals surface area contributed by atoms with Crippen LogP contribution in [0.15, 0.2) is 24.3 Å². The molecule has 7 heteroatoms. The standard InChI is InChI=1S/C26H30ClFN2O3/c1-17-4-6-19(7-5-17)16-30-23(21(29-25(30)27)14-15-26(2,3)28)22(31)13-10-18-8-11-20(12-9-18)24(32)33/h4-7,18,20H,8-13,16H2,1-3H3,(H,32,33). The van der Waals surface area contributed by atoms with Gasteiger partial charge in [-0.1, -0.05) is 35.7 Å². The molecule has 3 rings (SSSR count). The topological polar surface area (TPSA) is 72.2 Å². The van der Waals surface area contributed by atoms with E-state index < -0.39 is 11.6 Å². The van der Waals surface area contributed by atoms with Crippen LogP contribution < -0.4 is 0 Å². The zero-order chi connectivity index (χ0) is 24.2. The van der Waals surface area contributed by atoms with Crippen LogP contribution in [-0.4, -0.2) is 32.1 Å². The number of nitrogens with zero attached hydrogens (tertiary/aromatic N) is 2. The maximum absolute atomic E-state index is 14.0. The van der Waals surface area contributed by atoms with Crippen molar-refractivity contribution in [3.8, 4) is 11.8 Å². The molecule has 1 aromatic carbocycles. The van der Waals surface area contributed by atoms with Gasteiger partial charge in [0.1, 0.15) is 11.4 Å². The summed E-state index contributed by atoms with van der Waals surface area (Å²) >= 11 is 6.40. The van der Waals surface area contributed by atoms with Gasteiger partial charge in [-0.3, -0.25) is 9.59 Å². The van der Waals surface area contributed by atoms with E-state index in [-0.39, 0.29) is 29.1 Å². The molecule has 0 spiro atoms. The molecule has 0 atom stereocenters. The number of aliphatic carboxylic acids is 1. The van der Waals surface area contributed by atoms with E-state index in [1.54, 1.807) is 4.57 Å². The number of carbonyl (C=O) groups is 2. The van der Waals surface area contributed by atoms with Gasteiger partial charge in [-0.25, -0.2) is 9.37 Å². The van der Waals surface area contributed by atoms with Crippen LogP contribution in [0.2, 0.25) is 5.28 Å². The number of hydrogen-bond acceptors (Lipinski definition) is 3. The molecule has 0 bridgehead atoms. The van der Waals surface area contributed by atoms with Crippen molar-refractivity contribution >= 4 is 23.4 Å². The van der Waals surface area contributed by atoms with Gasteiger partial charge in [-0.15, -0.1) is 0 Å². The fraction of sp³-hybridized carbons (Fsp3) is 0.500. The van der Waals surface area contributed by atoms with Crippen molar-refractivity contribution in [2.75, 3.05) is 0 Å². The maximum Gasteiger partial charge on any atom is 0.306 e. The van der Waals surface area contributed by atoms with Crippen molar-refractivity contribution < 1.29 is 19.1 Å². The first-order valence-electron chi connectivity index (χ1n) is 11.3. The minimum atomic E-state index is -1.73. The van der Waals surface area contributed by atoms with Crippen LogP contribution in [-0.2, 0) is 11.3 Å². The lowest BCUT2D eigenvalue weighted by Gasteiger charge is -2.25. The molecule has 0 radical (unpaired) electrons. The van der Waals surface area contributed by atoms with Gasteiger partial charge in [0.05, 0.1) is 12.5 Å². The van der Waals surface area contributed by atoms with Crippen molar-refractivity contribution in [3.05, 3.63) is 52.1 Å². The number of carbonyl (C=O) groups excluding carboxylic acids is 1. The van der Waals surface area contributed by atoms with Gasteiger partial charge in [0.2, 0.25) is 5.28 Å². The number of carboxylic acids is 1.